The SMILES string of the molecule is O=[N+]([O-])c1ccccc1OCCCCCCO. The predicted molar refractivity (Wildman–Crippen MR) is 64.1 cm³/mol. The van der Waals surface area contributed by atoms with Gasteiger partial charge < -0.3 is 9.84 Å². The summed E-state index contributed by atoms with van der Waals surface area (Å²) in [5, 5.41) is 19.3. The van der Waals surface area contributed by atoms with Crippen molar-refractivity contribution in [3.05, 3.63) is 34.4 Å². The van der Waals surface area contributed by atoms with Gasteiger partial charge in [-0.15, -0.1) is 0 Å². The van der Waals surface area contributed by atoms with Gasteiger partial charge in [-0.05, 0) is 25.3 Å². The van der Waals surface area contributed by atoms with Gasteiger partial charge >= 0.3 is 5.69 Å². The molecule has 94 valence electrons. The lowest BCUT2D eigenvalue weighted by Crippen LogP contribution is -2.00. The van der Waals surface area contributed by atoms with Gasteiger partial charge in [0.2, 0.25) is 0 Å². The van der Waals surface area contributed by atoms with Crippen LogP contribution in [0, 0.1) is 10.1 Å². The average molecular weight is 239 g/mol. The van der Waals surface area contributed by atoms with Crippen LogP contribution in [-0.2, 0) is 0 Å². The number of rotatable bonds is 8. The number of para-hydroxylation sites is 2. The van der Waals surface area contributed by atoms with Crippen molar-refractivity contribution < 1.29 is 14.8 Å². The van der Waals surface area contributed by atoms with Crippen molar-refractivity contribution >= 4 is 5.69 Å². The minimum atomic E-state index is -0.443. The first-order chi connectivity index (χ1) is 8.25. The van der Waals surface area contributed by atoms with Gasteiger partial charge in [0.15, 0.2) is 5.75 Å². The van der Waals surface area contributed by atoms with Crippen molar-refractivity contribution in [3.8, 4) is 5.75 Å². The van der Waals surface area contributed by atoms with Gasteiger partial charge in [0.1, 0.15) is 0 Å². The Morgan fingerprint density at radius 3 is 2.59 bits per heavy atom. The molecule has 0 spiro atoms. The highest BCUT2D eigenvalue weighted by Crippen LogP contribution is 2.25. The van der Waals surface area contributed by atoms with E-state index in [1.54, 1.807) is 18.2 Å². The number of hydrogen-bond donors (Lipinski definition) is 1. The van der Waals surface area contributed by atoms with Crippen LogP contribution in [0.15, 0.2) is 24.3 Å². The second kappa shape index (κ2) is 7.62. The van der Waals surface area contributed by atoms with E-state index in [0.717, 1.165) is 25.7 Å². The molecule has 0 aromatic heterocycles. The molecule has 0 aliphatic rings. The lowest BCUT2D eigenvalue weighted by molar-refractivity contribution is -0.385. The molecule has 0 aliphatic carbocycles. The van der Waals surface area contributed by atoms with Crippen molar-refractivity contribution in [1.29, 1.82) is 0 Å². The predicted octanol–water partition coefficient (Wildman–Crippen LogP) is 2.53. The van der Waals surface area contributed by atoms with E-state index >= 15 is 0 Å². The smallest absolute Gasteiger partial charge is 0.310 e. The zero-order valence-electron chi connectivity index (χ0n) is 9.67. The topological polar surface area (TPSA) is 72.6 Å². The summed E-state index contributed by atoms with van der Waals surface area (Å²) in [4.78, 5) is 10.3. The standard InChI is InChI=1S/C12H17NO4/c14-9-5-1-2-6-10-17-12-8-4-3-7-11(12)13(15)16/h3-4,7-8,14H,1-2,5-6,9-10H2. The monoisotopic (exact) mass is 239 g/mol. The molecule has 0 radical (unpaired) electrons. The van der Waals surface area contributed by atoms with E-state index in [2.05, 4.69) is 0 Å². The Morgan fingerprint density at radius 1 is 1.18 bits per heavy atom. The van der Waals surface area contributed by atoms with Crippen LogP contribution in [-0.4, -0.2) is 23.2 Å². The number of ether oxygens (including phenoxy) is 1. The van der Waals surface area contributed by atoms with Crippen LogP contribution >= 0.6 is 0 Å². The van der Waals surface area contributed by atoms with Gasteiger partial charge in [-0.25, -0.2) is 0 Å². The summed E-state index contributed by atoms with van der Waals surface area (Å²) in [5.41, 5.74) is 0.00265. The molecule has 0 saturated carbocycles. The minimum Gasteiger partial charge on any atom is -0.487 e. The number of benzene rings is 1. The summed E-state index contributed by atoms with van der Waals surface area (Å²) < 4.78 is 5.37. The van der Waals surface area contributed by atoms with E-state index in [1.807, 2.05) is 0 Å². The van der Waals surface area contributed by atoms with Crippen molar-refractivity contribution in [3.63, 3.8) is 0 Å². The Hall–Kier alpha value is -1.62. The van der Waals surface area contributed by atoms with Crippen LogP contribution in [0.25, 0.3) is 0 Å². The zero-order chi connectivity index (χ0) is 12.5. The van der Waals surface area contributed by atoms with Gasteiger partial charge in [-0.2, -0.15) is 0 Å². The molecule has 1 aromatic carbocycles. The molecular weight excluding hydrogens is 222 g/mol. The summed E-state index contributed by atoms with van der Waals surface area (Å²) in [6.07, 6.45) is 3.55. The average Bonchev–Trinajstić information content (AvgIpc) is 2.34. The number of nitrogens with zero attached hydrogens (tertiary/aromatic N) is 1. The highest BCUT2D eigenvalue weighted by Gasteiger charge is 2.12. The van der Waals surface area contributed by atoms with Crippen molar-refractivity contribution in [2.24, 2.45) is 0 Å². The Balaban J connectivity index is 2.34. The Morgan fingerprint density at radius 2 is 1.88 bits per heavy atom. The largest absolute Gasteiger partial charge is 0.487 e. The number of nitro benzene ring substituents is 1. The van der Waals surface area contributed by atoms with E-state index in [9.17, 15) is 10.1 Å². The maximum Gasteiger partial charge on any atom is 0.310 e. The fourth-order valence-corrected chi connectivity index (χ4v) is 1.48. The highest BCUT2D eigenvalue weighted by atomic mass is 16.6. The van der Waals surface area contributed by atoms with Crippen molar-refractivity contribution in [2.45, 2.75) is 25.7 Å². The third-order valence-corrected chi connectivity index (χ3v) is 2.37. The Kier molecular flexibility index (Phi) is 6.03. The normalized spacial score (nSPS) is 10.2. The quantitative estimate of drug-likeness (QED) is 0.430. The number of unbranched alkanes of at least 4 members (excludes halogenated alkanes) is 3. The first-order valence-corrected chi connectivity index (χ1v) is 5.73. The maximum atomic E-state index is 10.7. The first-order valence-electron chi connectivity index (χ1n) is 5.73. The fraction of sp³-hybridized carbons (Fsp3) is 0.500. The molecule has 17 heavy (non-hydrogen) atoms. The van der Waals surface area contributed by atoms with Gasteiger partial charge in [0.25, 0.3) is 0 Å². The van der Waals surface area contributed by atoms with Crippen LogP contribution in [0.1, 0.15) is 25.7 Å². The molecule has 0 bridgehead atoms. The zero-order valence-corrected chi connectivity index (χ0v) is 9.67. The summed E-state index contributed by atoms with van der Waals surface area (Å²) in [6, 6.07) is 6.37. The molecule has 0 fully saturated rings. The van der Waals surface area contributed by atoms with Crippen LogP contribution < -0.4 is 4.74 Å². The van der Waals surface area contributed by atoms with Gasteiger partial charge in [-0.1, -0.05) is 18.6 Å². The number of nitro groups is 1. The fourth-order valence-electron chi connectivity index (χ4n) is 1.48. The van der Waals surface area contributed by atoms with Gasteiger partial charge in [0.05, 0.1) is 11.5 Å². The van der Waals surface area contributed by atoms with E-state index in [1.165, 1.54) is 6.07 Å². The molecule has 0 atom stereocenters. The minimum absolute atomic E-state index is 0.00265. The third-order valence-electron chi connectivity index (χ3n) is 2.37. The number of aliphatic hydroxyl groups is 1. The number of aliphatic hydroxyl groups excluding tert-OH is 1. The molecule has 0 aliphatic heterocycles. The second-order valence-electron chi connectivity index (χ2n) is 3.71. The first kappa shape index (κ1) is 13.4. The molecule has 5 nitrogen and oxygen atoms in total. The molecule has 0 heterocycles. The van der Waals surface area contributed by atoms with Crippen molar-refractivity contribution in [2.75, 3.05) is 13.2 Å². The molecule has 0 amide bonds. The van der Waals surface area contributed by atoms with Crippen LogP contribution in [0.2, 0.25) is 0 Å². The lowest BCUT2D eigenvalue weighted by Gasteiger charge is -2.06. The molecule has 1 aromatic rings. The van der Waals surface area contributed by atoms with Gasteiger partial charge in [0, 0.05) is 12.7 Å². The molecular formula is C12H17NO4. The van der Waals surface area contributed by atoms with E-state index < -0.39 is 4.92 Å². The Labute approximate surface area is 100 Å². The van der Waals surface area contributed by atoms with Crippen molar-refractivity contribution in [1.82, 2.24) is 0 Å². The van der Waals surface area contributed by atoms with Crippen LogP contribution in [0.3, 0.4) is 0 Å². The molecule has 5 heteroatoms. The van der Waals surface area contributed by atoms with Crippen LogP contribution in [0.4, 0.5) is 5.69 Å². The number of hydrogen-bond acceptors (Lipinski definition) is 4. The lowest BCUT2D eigenvalue weighted by atomic mass is 10.2. The van der Waals surface area contributed by atoms with Crippen LogP contribution in [0.5, 0.6) is 5.75 Å². The highest BCUT2D eigenvalue weighted by molar-refractivity contribution is 5.45. The third kappa shape index (κ3) is 4.82. The summed E-state index contributed by atoms with van der Waals surface area (Å²) in [7, 11) is 0. The van der Waals surface area contributed by atoms with E-state index in [0.29, 0.717) is 12.4 Å². The summed E-state index contributed by atoms with van der Waals surface area (Å²) in [5.74, 6) is 0.319. The molecule has 0 saturated heterocycles. The second-order valence-corrected chi connectivity index (χ2v) is 3.71. The maximum absolute atomic E-state index is 10.7. The molecule has 1 N–H and O–H groups in total. The summed E-state index contributed by atoms with van der Waals surface area (Å²) >= 11 is 0. The molecule has 0 unspecified atom stereocenters. The Bertz CT molecular complexity index is 354. The van der Waals surface area contributed by atoms with E-state index in [-0.39, 0.29) is 12.3 Å². The van der Waals surface area contributed by atoms with Gasteiger partial charge in [-0.3, -0.25) is 10.1 Å². The summed E-state index contributed by atoms with van der Waals surface area (Å²) in [6.45, 7) is 0.682. The molecule has 1 rings (SSSR count). The van der Waals surface area contributed by atoms with E-state index in [4.69, 9.17) is 9.84 Å².